The molecule has 0 fully saturated rings. The van der Waals surface area contributed by atoms with E-state index in [2.05, 4.69) is 10.1 Å². The zero-order valence-corrected chi connectivity index (χ0v) is 11.9. The normalized spacial score (nSPS) is 10.6. The van der Waals surface area contributed by atoms with Gasteiger partial charge in [0.25, 0.3) is 0 Å². The average Bonchev–Trinajstić information content (AvgIpc) is 2.83. The molecule has 0 saturated carbocycles. The second-order valence-corrected chi connectivity index (χ2v) is 4.67. The molecule has 5 nitrogen and oxygen atoms in total. The lowest BCUT2D eigenvalue weighted by molar-refractivity contribution is 0.416. The van der Waals surface area contributed by atoms with E-state index >= 15 is 0 Å². The maximum Gasteiger partial charge on any atom is 0.130 e. The molecule has 0 unspecified atom stereocenters. The van der Waals surface area contributed by atoms with Crippen LogP contribution in [0.2, 0.25) is 0 Å². The predicted molar refractivity (Wildman–Crippen MR) is 82.8 cm³/mol. The highest BCUT2D eigenvalue weighted by molar-refractivity contribution is 5.90. The van der Waals surface area contributed by atoms with Crippen molar-refractivity contribution in [3.05, 3.63) is 48.8 Å². The number of aryl methyl sites for hydroxylation is 1. The fraction of sp³-hybridized carbons (Fsp3) is 0.125. The van der Waals surface area contributed by atoms with E-state index in [1.54, 1.807) is 24.2 Å². The molecule has 1 aromatic carbocycles. The topological polar surface area (TPSA) is 66.0 Å². The number of aromatic nitrogens is 3. The van der Waals surface area contributed by atoms with Crippen molar-refractivity contribution in [3.63, 3.8) is 0 Å². The Balaban J connectivity index is 2.28. The average molecular weight is 280 g/mol. The molecule has 2 aromatic heterocycles. The van der Waals surface area contributed by atoms with Crippen molar-refractivity contribution in [1.29, 1.82) is 0 Å². The number of nitrogen functional groups attached to an aromatic ring is 1. The summed E-state index contributed by atoms with van der Waals surface area (Å²) in [6.07, 6.45) is 3.51. The summed E-state index contributed by atoms with van der Waals surface area (Å²) in [6, 6.07) is 11.6. The van der Waals surface area contributed by atoms with Gasteiger partial charge < -0.3 is 10.5 Å². The Morgan fingerprint density at radius 3 is 2.67 bits per heavy atom. The van der Waals surface area contributed by atoms with Crippen LogP contribution in [0.5, 0.6) is 5.75 Å². The zero-order chi connectivity index (χ0) is 14.8. The summed E-state index contributed by atoms with van der Waals surface area (Å²) < 4.78 is 7.12. The number of pyridine rings is 1. The van der Waals surface area contributed by atoms with Gasteiger partial charge in [-0.05, 0) is 18.2 Å². The maximum atomic E-state index is 6.22. The molecule has 0 radical (unpaired) electrons. The minimum absolute atomic E-state index is 0.596. The van der Waals surface area contributed by atoms with Gasteiger partial charge in [0.05, 0.1) is 12.7 Å². The second-order valence-electron chi connectivity index (χ2n) is 4.67. The van der Waals surface area contributed by atoms with E-state index in [-0.39, 0.29) is 0 Å². The summed E-state index contributed by atoms with van der Waals surface area (Å²) in [7, 11) is 3.48. The lowest BCUT2D eigenvalue weighted by Gasteiger charge is -2.09. The zero-order valence-electron chi connectivity index (χ0n) is 11.9. The lowest BCUT2D eigenvalue weighted by atomic mass is 10.0. The first-order chi connectivity index (χ1) is 10.2. The standard InChI is InChI=1S/C16H16N4O/c1-20-16(17)14(12-7-3-4-8-13(12)21-2)15(19-20)11-6-5-9-18-10-11/h3-10H,17H2,1-2H3. The van der Waals surface area contributed by atoms with E-state index in [1.807, 2.05) is 43.4 Å². The SMILES string of the molecule is COc1ccccc1-c1c(-c2cccnc2)nn(C)c1N. The Kier molecular flexibility index (Phi) is 3.31. The van der Waals surface area contributed by atoms with E-state index in [9.17, 15) is 0 Å². The van der Waals surface area contributed by atoms with Crippen molar-refractivity contribution in [3.8, 4) is 28.1 Å². The Morgan fingerprint density at radius 2 is 1.95 bits per heavy atom. The molecule has 3 rings (SSSR count). The van der Waals surface area contributed by atoms with Crippen LogP contribution in [0, 0.1) is 0 Å². The van der Waals surface area contributed by atoms with E-state index in [0.717, 1.165) is 28.1 Å². The molecule has 21 heavy (non-hydrogen) atoms. The van der Waals surface area contributed by atoms with Crippen molar-refractivity contribution in [1.82, 2.24) is 14.8 Å². The smallest absolute Gasteiger partial charge is 0.130 e. The highest BCUT2D eigenvalue weighted by Gasteiger charge is 2.20. The number of ether oxygens (including phenoxy) is 1. The van der Waals surface area contributed by atoms with Crippen LogP contribution in [0.4, 0.5) is 5.82 Å². The lowest BCUT2D eigenvalue weighted by Crippen LogP contribution is -1.98. The largest absolute Gasteiger partial charge is 0.496 e. The molecule has 0 aliphatic rings. The predicted octanol–water partition coefficient (Wildman–Crippen LogP) is 2.74. The van der Waals surface area contributed by atoms with Crippen LogP contribution in [0.25, 0.3) is 22.4 Å². The van der Waals surface area contributed by atoms with Gasteiger partial charge in [-0.15, -0.1) is 0 Å². The second kappa shape index (κ2) is 5.28. The van der Waals surface area contributed by atoms with Crippen LogP contribution in [0.1, 0.15) is 0 Å². The Bertz CT molecular complexity index is 765. The van der Waals surface area contributed by atoms with Gasteiger partial charge in [-0.1, -0.05) is 18.2 Å². The first kappa shape index (κ1) is 13.2. The third kappa shape index (κ3) is 2.23. The van der Waals surface area contributed by atoms with Gasteiger partial charge in [0, 0.05) is 30.6 Å². The molecule has 106 valence electrons. The Morgan fingerprint density at radius 1 is 1.14 bits per heavy atom. The minimum atomic E-state index is 0.596. The summed E-state index contributed by atoms with van der Waals surface area (Å²) in [5.74, 6) is 1.36. The number of benzene rings is 1. The summed E-state index contributed by atoms with van der Waals surface area (Å²) in [4.78, 5) is 4.16. The fourth-order valence-electron chi connectivity index (χ4n) is 2.36. The van der Waals surface area contributed by atoms with E-state index in [4.69, 9.17) is 10.5 Å². The molecule has 0 bridgehead atoms. The first-order valence-electron chi connectivity index (χ1n) is 6.58. The van der Waals surface area contributed by atoms with Crippen LogP contribution in [-0.2, 0) is 7.05 Å². The molecule has 3 aromatic rings. The molecular formula is C16H16N4O. The minimum Gasteiger partial charge on any atom is -0.496 e. The summed E-state index contributed by atoms with van der Waals surface area (Å²) in [6.45, 7) is 0. The maximum absolute atomic E-state index is 6.22. The molecule has 0 atom stereocenters. The molecule has 0 amide bonds. The van der Waals surface area contributed by atoms with Crippen molar-refractivity contribution in [2.24, 2.45) is 7.05 Å². The van der Waals surface area contributed by atoms with Gasteiger partial charge in [-0.25, -0.2) is 0 Å². The molecule has 5 heteroatoms. The Hall–Kier alpha value is -2.82. The third-order valence-electron chi connectivity index (χ3n) is 3.40. The van der Waals surface area contributed by atoms with Crippen LogP contribution in [-0.4, -0.2) is 21.9 Å². The molecule has 2 heterocycles. The quantitative estimate of drug-likeness (QED) is 0.801. The van der Waals surface area contributed by atoms with Gasteiger partial charge in [0.1, 0.15) is 17.3 Å². The molecule has 2 N–H and O–H groups in total. The Labute approximate surface area is 123 Å². The number of hydrogen-bond acceptors (Lipinski definition) is 4. The van der Waals surface area contributed by atoms with Crippen molar-refractivity contribution >= 4 is 5.82 Å². The highest BCUT2D eigenvalue weighted by atomic mass is 16.5. The number of rotatable bonds is 3. The number of anilines is 1. The van der Waals surface area contributed by atoms with Gasteiger partial charge in [0.15, 0.2) is 0 Å². The van der Waals surface area contributed by atoms with Crippen LogP contribution in [0.3, 0.4) is 0 Å². The van der Waals surface area contributed by atoms with Crippen LogP contribution < -0.4 is 10.5 Å². The van der Waals surface area contributed by atoms with E-state index in [0.29, 0.717) is 5.82 Å². The van der Waals surface area contributed by atoms with Crippen molar-refractivity contribution < 1.29 is 4.74 Å². The molecule has 0 aliphatic carbocycles. The number of nitrogens with zero attached hydrogens (tertiary/aromatic N) is 3. The van der Waals surface area contributed by atoms with Crippen LogP contribution >= 0.6 is 0 Å². The molecule has 0 saturated heterocycles. The molecule has 0 aliphatic heterocycles. The third-order valence-corrected chi connectivity index (χ3v) is 3.40. The highest BCUT2D eigenvalue weighted by Crippen LogP contribution is 2.39. The van der Waals surface area contributed by atoms with Gasteiger partial charge >= 0.3 is 0 Å². The van der Waals surface area contributed by atoms with Gasteiger partial charge in [0.2, 0.25) is 0 Å². The number of para-hydroxylation sites is 1. The van der Waals surface area contributed by atoms with E-state index < -0.39 is 0 Å². The summed E-state index contributed by atoms with van der Waals surface area (Å²) in [5, 5.41) is 4.53. The number of hydrogen-bond donors (Lipinski definition) is 1. The van der Waals surface area contributed by atoms with Crippen LogP contribution in [0.15, 0.2) is 48.8 Å². The number of nitrogens with two attached hydrogens (primary N) is 1. The first-order valence-corrected chi connectivity index (χ1v) is 6.58. The monoisotopic (exact) mass is 280 g/mol. The van der Waals surface area contributed by atoms with Gasteiger partial charge in [-0.3, -0.25) is 9.67 Å². The number of methoxy groups -OCH3 is 1. The fourth-order valence-corrected chi connectivity index (χ4v) is 2.36. The molecule has 0 spiro atoms. The summed E-state index contributed by atoms with van der Waals surface area (Å²) in [5.41, 5.74) is 9.73. The van der Waals surface area contributed by atoms with Crippen molar-refractivity contribution in [2.45, 2.75) is 0 Å². The van der Waals surface area contributed by atoms with Gasteiger partial charge in [-0.2, -0.15) is 5.10 Å². The summed E-state index contributed by atoms with van der Waals surface area (Å²) >= 11 is 0. The van der Waals surface area contributed by atoms with E-state index in [1.165, 1.54) is 0 Å². The van der Waals surface area contributed by atoms with Crippen molar-refractivity contribution in [2.75, 3.05) is 12.8 Å². The molecular weight excluding hydrogens is 264 g/mol.